The number of carbonyl (C=O) groups is 1. The Morgan fingerprint density at radius 2 is 2.33 bits per heavy atom. The molecule has 0 unspecified atom stereocenters. The largest absolute Gasteiger partial charge is 0.281 e. The Hall–Kier alpha value is -0.300. The first kappa shape index (κ1) is 8.31. The van der Waals surface area contributed by atoms with Gasteiger partial charge >= 0.3 is 0 Å². The minimum atomic E-state index is -0.140. The maximum atomic E-state index is 11.1. The van der Waals surface area contributed by atoms with Gasteiger partial charge < -0.3 is 0 Å². The normalized spacial score (nSPS) is 44.8. The van der Waals surface area contributed by atoms with E-state index in [9.17, 15) is 4.79 Å². The zero-order valence-corrected chi connectivity index (χ0v) is 8.14. The lowest BCUT2D eigenvalue weighted by molar-refractivity contribution is -0.116. The molecule has 0 radical (unpaired) electrons. The lowest BCUT2D eigenvalue weighted by atomic mass is 9.82. The highest BCUT2D eigenvalue weighted by Gasteiger charge is 2.47. The van der Waals surface area contributed by atoms with Crippen molar-refractivity contribution in [3.63, 3.8) is 0 Å². The van der Waals surface area contributed by atoms with E-state index in [2.05, 4.69) is 19.9 Å². The van der Waals surface area contributed by atoms with Gasteiger partial charge in [0.15, 0.2) is 0 Å². The molecule has 0 aromatic carbocycles. The predicted molar refractivity (Wildman–Crippen MR) is 48.9 cm³/mol. The van der Waals surface area contributed by atoms with Gasteiger partial charge in [-0.2, -0.15) is 0 Å². The zero-order chi connectivity index (χ0) is 8.88. The summed E-state index contributed by atoms with van der Waals surface area (Å²) < 4.78 is 0. The van der Waals surface area contributed by atoms with Crippen LogP contribution in [0.5, 0.6) is 0 Å². The molecule has 1 nitrogen and oxygen atoms in total. The van der Waals surface area contributed by atoms with Crippen molar-refractivity contribution in [2.75, 3.05) is 0 Å². The van der Waals surface area contributed by atoms with E-state index in [0.29, 0.717) is 17.8 Å². The number of rotatable bonds is 1. The molecule has 2 bridgehead atoms. The van der Waals surface area contributed by atoms with E-state index in [4.69, 9.17) is 11.6 Å². The number of fused-ring (bicyclic) bond motifs is 2. The highest BCUT2D eigenvalue weighted by molar-refractivity contribution is 6.64. The van der Waals surface area contributed by atoms with Crippen LogP contribution in [-0.2, 0) is 4.79 Å². The molecule has 12 heavy (non-hydrogen) atoms. The van der Waals surface area contributed by atoms with Crippen molar-refractivity contribution >= 4 is 16.8 Å². The molecule has 66 valence electrons. The molecule has 0 spiro atoms. The van der Waals surface area contributed by atoms with Crippen molar-refractivity contribution in [3.05, 3.63) is 11.6 Å². The Balaban J connectivity index is 2.28. The summed E-state index contributed by atoms with van der Waals surface area (Å²) in [5.74, 6) is 1.63. The predicted octanol–water partition coefficient (Wildman–Crippen LogP) is 2.60. The maximum Gasteiger partial charge on any atom is 0.225 e. The Labute approximate surface area is 77.8 Å². The molecule has 0 N–H and O–H groups in total. The second-order valence-corrected chi connectivity index (χ2v) is 4.48. The fourth-order valence-corrected chi connectivity index (χ4v) is 3.26. The van der Waals surface area contributed by atoms with Crippen LogP contribution in [0.1, 0.15) is 20.3 Å². The van der Waals surface area contributed by atoms with Crippen LogP contribution in [0.3, 0.4) is 0 Å². The van der Waals surface area contributed by atoms with Gasteiger partial charge in [-0.3, -0.25) is 4.79 Å². The minimum absolute atomic E-state index is 0.0976. The zero-order valence-electron chi connectivity index (χ0n) is 7.38. The Bertz CT molecular complexity index is 257. The Morgan fingerprint density at radius 1 is 1.67 bits per heavy atom. The molecule has 2 rings (SSSR count). The van der Waals surface area contributed by atoms with Gasteiger partial charge in [0.05, 0.1) is 0 Å². The summed E-state index contributed by atoms with van der Waals surface area (Å²) in [6, 6.07) is 0. The summed E-state index contributed by atoms with van der Waals surface area (Å²) in [7, 11) is 0. The van der Waals surface area contributed by atoms with E-state index in [1.807, 2.05) is 0 Å². The summed E-state index contributed by atoms with van der Waals surface area (Å²) in [6.07, 6.45) is 3.38. The third-order valence-electron chi connectivity index (χ3n) is 3.51. The first-order valence-corrected chi connectivity index (χ1v) is 4.86. The SMILES string of the molecule is CC1=C[C@@H]2C[C@H]1[C@H](C)[C@H]2C(=O)Cl. The summed E-state index contributed by atoms with van der Waals surface area (Å²) >= 11 is 5.55. The number of hydrogen-bond donors (Lipinski definition) is 0. The summed E-state index contributed by atoms with van der Waals surface area (Å²) in [5.41, 5.74) is 1.46. The second-order valence-electron chi connectivity index (χ2n) is 4.11. The van der Waals surface area contributed by atoms with Crippen LogP contribution in [0.25, 0.3) is 0 Å². The van der Waals surface area contributed by atoms with Crippen LogP contribution < -0.4 is 0 Å². The quantitative estimate of drug-likeness (QED) is 0.452. The lowest BCUT2D eigenvalue weighted by Crippen LogP contribution is -2.23. The third-order valence-corrected chi connectivity index (χ3v) is 3.76. The number of hydrogen-bond acceptors (Lipinski definition) is 1. The van der Waals surface area contributed by atoms with Gasteiger partial charge in [0.25, 0.3) is 0 Å². The van der Waals surface area contributed by atoms with Gasteiger partial charge in [0.2, 0.25) is 5.24 Å². The average Bonchev–Trinajstić information content (AvgIpc) is 2.42. The molecule has 2 aliphatic rings. The monoisotopic (exact) mass is 184 g/mol. The molecule has 4 atom stereocenters. The number of carbonyl (C=O) groups excluding carboxylic acids is 1. The Kier molecular flexibility index (Phi) is 1.80. The Morgan fingerprint density at radius 3 is 2.75 bits per heavy atom. The van der Waals surface area contributed by atoms with Crippen molar-refractivity contribution in [3.8, 4) is 0 Å². The fourth-order valence-electron chi connectivity index (χ4n) is 2.90. The molecule has 0 aromatic heterocycles. The molecule has 0 aliphatic heterocycles. The van der Waals surface area contributed by atoms with Gasteiger partial charge in [-0.05, 0) is 42.7 Å². The number of halogens is 1. The van der Waals surface area contributed by atoms with E-state index in [0.717, 1.165) is 6.42 Å². The van der Waals surface area contributed by atoms with Gasteiger partial charge in [0, 0.05) is 5.92 Å². The van der Waals surface area contributed by atoms with Gasteiger partial charge in [0.1, 0.15) is 0 Å². The van der Waals surface area contributed by atoms with Crippen molar-refractivity contribution in [2.45, 2.75) is 20.3 Å². The van der Waals surface area contributed by atoms with E-state index in [1.54, 1.807) is 0 Å². The van der Waals surface area contributed by atoms with Gasteiger partial charge in [-0.1, -0.05) is 18.6 Å². The van der Waals surface area contributed by atoms with Crippen molar-refractivity contribution in [1.29, 1.82) is 0 Å². The smallest absolute Gasteiger partial charge is 0.225 e. The molecule has 0 saturated heterocycles. The van der Waals surface area contributed by atoms with E-state index >= 15 is 0 Å². The second kappa shape index (κ2) is 2.59. The standard InChI is InChI=1S/C10H13ClO/c1-5-3-7-4-8(5)6(2)9(7)10(11)12/h3,6-9H,4H2,1-2H3/t6-,7+,8+,9+/m0/s1. The molecular formula is C10H13ClO. The third kappa shape index (κ3) is 0.957. The molecule has 2 aliphatic carbocycles. The molecule has 0 aromatic rings. The van der Waals surface area contributed by atoms with Crippen LogP contribution in [0.4, 0.5) is 0 Å². The highest BCUT2D eigenvalue weighted by atomic mass is 35.5. The summed E-state index contributed by atoms with van der Waals surface area (Å²) in [6.45, 7) is 4.31. The molecular weight excluding hydrogens is 172 g/mol. The summed E-state index contributed by atoms with van der Waals surface area (Å²) in [5, 5.41) is -0.140. The number of allylic oxidation sites excluding steroid dienone is 2. The van der Waals surface area contributed by atoms with Crippen LogP contribution in [-0.4, -0.2) is 5.24 Å². The highest BCUT2D eigenvalue weighted by Crippen LogP contribution is 2.51. The molecule has 2 heteroatoms. The molecule has 0 amide bonds. The van der Waals surface area contributed by atoms with Crippen molar-refractivity contribution < 1.29 is 4.79 Å². The van der Waals surface area contributed by atoms with Gasteiger partial charge in [-0.25, -0.2) is 0 Å². The van der Waals surface area contributed by atoms with Crippen LogP contribution in [0, 0.1) is 23.7 Å². The lowest BCUT2D eigenvalue weighted by Gasteiger charge is -2.23. The summed E-state index contributed by atoms with van der Waals surface area (Å²) in [4.78, 5) is 11.1. The van der Waals surface area contributed by atoms with Crippen molar-refractivity contribution in [1.82, 2.24) is 0 Å². The first-order chi connectivity index (χ1) is 5.61. The molecule has 1 saturated carbocycles. The minimum Gasteiger partial charge on any atom is -0.281 e. The fraction of sp³-hybridized carbons (Fsp3) is 0.700. The van der Waals surface area contributed by atoms with Crippen molar-refractivity contribution in [2.24, 2.45) is 23.7 Å². The van der Waals surface area contributed by atoms with Crippen LogP contribution in [0.15, 0.2) is 11.6 Å². The van der Waals surface area contributed by atoms with Crippen LogP contribution >= 0.6 is 11.6 Å². The average molecular weight is 185 g/mol. The molecule has 1 fully saturated rings. The topological polar surface area (TPSA) is 17.1 Å². The van der Waals surface area contributed by atoms with E-state index in [1.165, 1.54) is 5.57 Å². The van der Waals surface area contributed by atoms with E-state index in [-0.39, 0.29) is 11.2 Å². The molecule has 0 heterocycles. The maximum absolute atomic E-state index is 11.1. The first-order valence-electron chi connectivity index (χ1n) is 4.49. The van der Waals surface area contributed by atoms with Crippen LogP contribution in [0.2, 0.25) is 0 Å². The van der Waals surface area contributed by atoms with E-state index < -0.39 is 0 Å². The van der Waals surface area contributed by atoms with Gasteiger partial charge in [-0.15, -0.1) is 0 Å².